The highest BCUT2D eigenvalue weighted by Crippen LogP contribution is 2.46. The lowest BCUT2D eigenvalue weighted by Crippen LogP contribution is -2.47. The summed E-state index contributed by atoms with van der Waals surface area (Å²) in [5.74, 6) is 3.07. The van der Waals surface area contributed by atoms with E-state index < -0.39 is 0 Å². The fourth-order valence-electron chi connectivity index (χ4n) is 3.68. The van der Waals surface area contributed by atoms with Crippen LogP contribution in [0.5, 0.6) is 0 Å². The largest absolute Gasteiger partial charge is 0.335 e. The Morgan fingerprint density at radius 1 is 1.39 bits per heavy atom. The molecule has 2 unspecified atom stereocenters. The molecule has 1 heterocycles. The summed E-state index contributed by atoms with van der Waals surface area (Å²) >= 11 is 0. The van der Waals surface area contributed by atoms with Crippen molar-refractivity contribution >= 4 is 0 Å². The van der Waals surface area contributed by atoms with Gasteiger partial charge in [0, 0.05) is 30.9 Å². The van der Waals surface area contributed by atoms with Crippen LogP contribution < -0.4 is 5.73 Å². The number of hydrogen-bond acceptors (Lipinski definition) is 2. The molecular weight excluding hydrogens is 222 g/mol. The van der Waals surface area contributed by atoms with Crippen LogP contribution in [0.1, 0.15) is 51.3 Å². The molecule has 0 saturated heterocycles. The Morgan fingerprint density at radius 2 is 2.22 bits per heavy atom. The molecule has 0 amide bonds. The Balaban J connectivity index is 1.69. The molecule has 3 rings (SSSR count). The summed E-state index contributed by atoms with van der Waals surface area (Å²) in [6, 6.07) is 0. The minimum atomic E-state index is 0.00375. The van der Waals surface area contributed by atoms with Gasteiger partial charge in [0.1, 0.15) is 5.82 Å². The van der Waals surface area contributed by atoms with Crippen molar-refractivity contribution in [1.82, 2.24) is 9.55 Å². The number of nitrogens with zero attached hydrogens (tertiary/aromatic N) is 2. The quantitative estimate of drug-likeness (QED) is 0.889. The molecule has 1 aromatic heterocycles. The molecule has 3 heteroatoms. The van der Waals surface area contributed by atoms with E-state index >= 15 is 0 Å². The van der Waals surface area contributed by atoms with Gasteiger partial charge in [-0.1, -0.05) is 12.8 Å². The fraction of sp³-hybridized carbons (Fsp3) is 0.800. The number of rotatable bonds is 4. The molecule has 2 N–H and O–H groups in total. The van der Waals surface area contributed by atoms with Crippen molar-refractivity contribution in [3.8, 4) is 0 Å². The molecule has 0 aromatic carbocycles. The van der Waals surface area contributed by atoms with Gasteiger partial charge in [-0.25, -0.2) is 4.98 Å². The molecule has 1 aromatic rings. The van der Waals surface area contributed by atoms with E-state index in [4.69, 9.17) is 5.73 Å². The van der Waals surface area contributed by atoms with Crippen molar-refractivity contribution < 1.29 is 0 Å². The summed E-state index contributed by atoms with van der Waals surface area (Å²) in [5, 5.41) is 0. The second kappa shape index (κ2) is 4.69. The minimum absolute atomic E-state index is 0.00375. The minimum Gasteiger partial charge on any atom is -0.335 e. The van der Waals surface area contributed by atoms with Gasteiger partial charge in [0.15, 0.2) is 0 Å². The third-order valence-electron chi connectivity index (χ3n) is 4.86. The fourth-order valence-corrected chi connectivity index (χ4v) is 3.68. The topological polar surface area (TPSA) is 43.8 Å². The van der Waals surface area contributed by atoms with Crippen LogP contribution in [0.15, 0.2) is 12.4 Å². The van der Waals surface area contributed by atoms with Crippen LogP contribution in [0.2, 0.25) is 0 Å². The Bertz CT molecular complexity index is 408. The van der Waals surface area contributed by atoms with Crippen LogP contribution in [0, 0.1) is 11.8 Å². The molecule has 2 fully saturated rings. The number of imidazole rings is 1. The van der Waals surface area contributed by atoms with E-state index in [2.05, 4.69) is 22.7 Å². The predicted octanol–water partition coefficient (Wildman–Crippen LogP) is 2.74. The maximum atomic E-state index is 6.68. The third kappa shape index (κ3) is 2.46. The highest BCUT2D eigenvalue weighted by molar-refractivity contribution is 5.04. The summed E-state index contributed by atoms with van der Waals surface area (Å²) in [6.45, 7) is 3.17. The summed E-state index contributed by atoms with van der Waals surface area (Å²) in [4.78, 5) is 4.49. The van der Waals surface area contributed by atoms with Gasteiger partial charge in [-0.15, -0.1) is 0 Å². The summed E-state index contributed by atoms with van der Waals surface area (Å²) in [6.07, 6.45) is 12.9. The second-order valence-corrected chi connectivity index (χ2v) is 6.36. The number of nitrogens with two attached hydrogens (primary N) is 1. The molecule has 2 atom stereocenters. The normalized spacial score (nSPS) is 32.7. The van der Waals surface area contributed by atoms with Gasteiger partial charge in [0.05, 0.1) is 0 Å². The monoisotopic (exact) mass is 247 g/mol. The maximum Gasteiger partial charge on any atom is 0.110 e. The average Bonchev–Trinajstić information content (AvgIpc) is 3.11. The molecule has 0 aliphatic heterocycles. The third-order valence-corrected chi connectivity index (χ3v) is 4.86. The van der Waals surface area contributed by atoms with Gasteiger partial charge >= 0.3 is 0 Å². The number of aromatic nitrogens is 2. The molecular formula is C15H25N3. The summed E-state index contributed by atoms with van der Waals surface area (Å²) in [7, 11) is 0. The number of aryl methyl sites for hydroxylation is 1. The molecule has 100 valence electrons. The van der Waals surface area contributed by atoms with Crippen LogP contribution in [-0.4, -0.2) is 15.1 Å². The summed E-state index contributed by atoms with van der Waals surface area (Å²) < 4.78 is 2.23. The van der Waals surface area contributed by atoms with E-state index in [0.717, 1.165) is 24.8 Å². The zero-order valence-electron chi connectivity index (χ0n) is 11.4. The van der Waals surface area contributed by atoms with Gasteiger partial charge in [-0.05, 0) is 44.4 Å². The predicted molar refractivity (Wildman–Crippen MR) is 73.2 cm³/mol. The van der Waals surface area contributed by atoms with E-state index in [1.54, 1.807) is 0 Å². The first-order valence-electron chi connectivity index (χ1n) is 7.49. The summed E-state index contributed by atoms with van der Waals surface area (Å²) in [5.41, 5.74) is 6.68. The van der Waals surface area contributed by atoms with E-state index in [0.29, 0.717) is 0 Å². The molecule has 3 nitrogen and oxygen atoms in total. The van der Waals surface area contributed by atoms with Crippen LogP contribution in [-0.2, 0) is 13.0 Å². The SMILES string of the molecule is CCn1ccnc1CC1(N)CCCC(C2CC2)C1. The highest BCUT2D eigenvalue weighted by Gasteiger charge is 2.40. The van der Waals surface area contributed by atoms with Crippen LogP contribution in [0.4, 0.5) is 0 Å². The van der Waals surface area contributed by atoms with Crippen LogP contribution >= 0.6 is 0 Å². The number of hydrogen-bond donors (Lipinski definition) is 1. The van der Waals surface area contributed by atoms with Crippen molar-refractivity contribution in [2.45, 2.75) is 64.0 Å². The lowest BCUT2D eigenvalue weighted by molar-refractivity contribution is 0.201. The van der Waals surface area contributed by atoms with Gasteiger partial charge in [0.25, 0.3) is 0 Å². The molecule has 2 saturated carbocycles. The second-order valence-electron chi connectivity index (χ2n) is 6.36. The molecule has 0 radical (unpaired) electrons. The van der Waals surface area contributed by atoms with Crippen LogP contribution in [0.25, 0.3) is 0 Å². The zero-order valence-corrected chi connectivity index (χ0v) is 11.4. The Labute approximate surface area is 110 Å². The Morgan fingerprint density at radius 3 is 2.94 bits per heavy atom. The molecule has 2 aliphatic carbocycles. The zero-order chi connectivity index (χ0) is 12.6. The van der Waals surface area contributed by atoms with Gasteiger partial charge < -0.3 is 10.3 Å². The maximum absolute atomic E-state index is 6.68. The van der Waals surface area contributed by atoms with E-state index in [1.807, 2.05) is 6.20 Å². The smallest absolute Gasteiger partial charge is 0.110 e. The van der Waals surface area contributed by atoms with Crippen LogP contribution in [0.3, 0.4) is 0 Å². The van der Waals surface area contributed by atoms with Gasteiger partial charge in [0.2, 0.25) is 0 Å². The first-order chi connectivity index (χ1) is 8.70. The van der Waals surface area contributed by atoms with Crippen molar-refractivity contribution in [3.05, 3.63) is 18.2 Å². The highest BCUT2D eigenvalue weighted by atomic mass is 15.1. The van der Waals surface area contributed by atoms with Gasteiger partial charge in [-0.2, -0.15) is 0 Å². The molecule has 0 bridgehead atoms. The lowest BCUT2D eigenvalue weighted by Gasteiger charge is -2.38. The van der Waals surface area contributed by atoms with E-state index in [1.165, 1.54) is 44.3 Å². The first kappa shape index (κ1) is 12.2. The van der Waals surface area contributed by atoms with Crippen molar-refractivity contribution in [3.63, 3.8) is 0 Å². The lowest BCUT2D eigenvalue weighted by atomic mass is 9.72. The van der Waals surface area contributed by atoms with E-state index in [9.17, 15) is 0 Å². The Kier molecular flexibility index (Phi) is 3.18. The molecule has 18 heavy (non-hydrogen) atoms. The van der Waals surface area contributed by atoms with Crippen molar-refractivity contribution in [2.75, 3.05) is 0 Å². The molecule has 0 spiro atoms. The van der Waals surface area contributed by atoms with Gasteiger partial charge in [-0.3, -0.25) is 0 Å². The standard InChI is InChI=1S/C15H25N3/c1-2-18-9-8-17-14(18)11-15(16)7-3-4-13(10-15)12-5-6-12/h8-9,12-13H,2-7,10-11,16H2,1H3. The average molecular weight is 247 g/mol. The van der Waals surface area contributed by atoms with Crippen molar-refractivity contribution in [2.24, 2.45) is 17.6 Å². The first-order valence-corrected chi connectivity index (χ1v) is 7.49. The van der Waals surface area contributed by atoms with E-state index in [-0.39, 0.29) is 5.54 Å². The molecule has 2 aliphatic rings. The Hall–Kier alpha value is -0.830. The van der Waals surface area contributed by atoms with Crippen molar-refractivity contribution in [1.29, 1.82) is 0 Å².